The van der Waals surface area contributed by atoms with E-state index in [1.807, 2.05) is 0 Å². The third-order valence-corrected chi connectivity index (χ3v) is 6.26. The highest BCUT2D eigenvalue weighted by Crippen LogP contribution is 2.47. The van der Waals surface area contributed by atoms with E-state index in [9.17, 15) is 9.60 Å². The smallest absolute Gasteiger partial charge is 0.136 e. The summed E-state index contributed by atoms with van der Waals surface area (Å²) in [6.45, 7) is 0. The lowest BCUT2D eigenvalue weighted by Crippen LogP contribution is -1.92. The molecular formula is C38H24O. The zero-order valence-electron chi connectivity index (χ0n) is 43.4. The summed E-state index contributed by atoms with van der Waals surface area (Å²) >= 11 is 0. The quantitative estimate of drug-likeness (QED) is 0.211. The normalized spacial score (nSPS) is 20.2. The summed E-state index contributed by atoms with van der Waals surface area (Å²) in [6, 6.07) is -22.1. The predicted octanol–water partition coefficient (Wildman–Crippen LogP) is 10.9. The molecule has 7 aromatic carbocycles. The first-order valence-electron chi connectivity index (χ1n) is 23.4. The van der Waals surface area contributed by atoms with Crippen LogP contribution in [0.1, 0.15) is 32.9 Å². The fourth-order valence-electron chi connectivity index (χ4n) is 4.73. The molecule has 39 heavy (non-hydrogen) atoms. The van der Waals surface area contributed by atoms with Gasteiger partial charge in [0.15, 0.2) is 0 Å². The van der Waals surface area contributed by atoms with Crippen LogP contribution in [0.5, 0.6) is 0 Å². The molecule has 1 aromatic heterocycles. The molecule has 0 amide bonds. The van der Waals surface area contributed by atoms with E-state index < -0.39 is 222 Å². The number of benzene rings is 7. The highest BCUT2D eigenvalue weighted by molar-refractivity contribution is 6.23. The van der Waals surface area contributed by atoms with E-state index in [0.717, 1.165) is 0 Å². The summed E-state index contributed by atoms with van der Waals surface area (Å²) in [5.41, 5.74) is -5.59. The summed E-state index contributed by atoms with van der Waals surface area (Å²) in [6.07, 6.45) is 0. The maximum atomic E-state index is 9.46. The molecule has 0 aliphatic heterocycles. The molecule has 0 fully saturated rings. The monoisotopic (exact) mass is 520 g/mol. The Bertz CT molecular complexity index is 3390. The average Bonchev–Trinajstić information content (AvgIpc) is 3.66. The zero-order chi connectivity index (χ0) is 46.6. The second kappa shape index (κ2) is 8.72. The summed E-state index contributed by atoms with van der Waals surface area (Å²) in [7, 11) is 0. The van der Waals surface area contributed by atoms with E-state index >= 15 is 0 Å². The van der Waals surface area contributed by atoms with Crippen LogP contribution in [0, 0.1) is 0 Å². The standard InChI is InChI=1S/C38H24O/c1-2-13-25(14-3-1)36-29-17-6-8-19-31(29)37(32-20-9-7-18-30(32)36)27-16-5-4-15-26(27)28-22-12-24-35-38(28)33-21-10-11-23-34(33)39-35/h1-24H/i1D,2D,3D,4D,5D,6D,7D,8D,9D,10D,11D,12D,13D,14D,15D,16D,17D,18D,19D,20D,21D,22D,23D,24D. The topological polar surface area (TPSA) is 13.1 Å². The van der Waals surface area contributed by atoms with E-state index in [1.54, 1.807) is 0 Å². The summed E-state index contributed by atoms with van der Waals surface area (Å²) in [5.74, 6) is 0. The molecule has 0 aliphatic rings. The molecule has 0 aliphatic carbocycles. The summed E-state index contributed by atoms with van der Waals surface area (Å²) in [5, 5.41) is -3.82. The van der Waals surface area contributed by atoms with Gasteiger partial charge in [-0.15, -0.1) is 0 Å². The Balaban J connectivity index is 1.80. The van der Waals surface area contributed by atoms with Gasteiger partial charge in [0.25, 0.3) is 0 Å². The molecule has 0 saturated carbocycles. The van der Waals surface area contributed by atoms with Crippen molar-refractivity contribution >= 4 is 43.5 Å². The number of hydrogen-bond donors (Lipinski definition) is 0. The van der Waals surface area contributed by atoms with E-state index in [4.69, 9.17) is 27.7 Å². The second-order valence-corrected chi connectivity index (χ2v) is 8.26. The molecule has 0 N–H and O–H groups in total. The van der Waals surface area contributed by atoms with Crippen LogP contribution in [0.4, 0.5) is 0 Å². The Hall–Kier alpha value is -5.14. The minimum Gasteiger partial charge on any atom is -0.456 e. The van der Waals surface area contributed by atoms with Crippen molar-refractivity contribution in [2.45, 2.75) is 0 Å². The van der Waals surface area contributed by atoms with Crippen LogP contribution in [-0.4, -0.2) is 0 Å². The van der Waals surface area contributed by atoms with Crippen LogP contribution in [0.2, 0.25) is 0 Å². The Morgan fingerprint density at radius 2 is 0.846 bits per heavy atom. The van der Waals surface area contributed by atoms with Gasteiger partial charge in [-0.05, 0) is 67.0 Å². The number of para-hydroxylation sites is 1. The largest absolute Gasteiger partial charge is 0.456 e. The van der Waals surface area contributed by atoms with Crippen molar-refractivity contribution < 1.29 is 37.3 Å². The first kappa shape index (κ1) is 8.69. The van der Waals surface area contributed by atoms with E-state index in [1.165, 1.54) is 0 Å². The van der Waals surface area contributed by atoms with Crippen molar-refractivity contribution in [3.8, 4) is 33.4 Å². The first-order valence-corrected chi connectivity index (χ1v) is 11.4. The Morgan fingerprint density at radius 3 is 1.54 bits per heavy atom. The van der Waals surface area contributed by atoms with Gasteiger partial charge in [0, 0.05) is 10.8 Å². The highest BCUT2D eigenvalue weighted by atomic mass is 16.3. The van der Waals surface area contributed by atoms with Crippen molar-refractivity contribution in [2.24, 2.45) is 0 Å². The molecule has 0 saturated heterocycles. The fourth-order valence-corrected chi connectivity index (χ4v) is 4.73. The van der Waals surface area contributed by atoms with Crippen molar-refractivity contribution in [3.63, 3.8) is 0 Å². The minimum absolute atomic E-state index is 0.471. The number of rotatable bonds is 3. The van der Waals surface area contributed by atoms with Gasteiger partial charge in [0.05, 0.1) is 32.9 Å². The van der Waals surface area contributed by atoms with Crippen molar-refractivity contribution in [1.82, 2.24) is 0 Å². The maximum absolute atomic E-state index is 9.46. The van der Waals surface area contributed by atoms with E-state index in [2.05, 4.69) is 0 Å². The van der Waals surface area contributed by atoms with Gasteiger partial charge in [0.2, 0.25) is 0 Å². The van der Waals surface area contributed by atoms with Crippen molar-refractivity contribution in [2.75, 3.05) is 0 Å². The van der Waals surface area contributed by atoms with Gasteiger partial charge in [-0.25, -0.2) is 0 Å². The lowest BCUT2D eigenvalue weighted by atomic mass is 9.83. The van der Waals surface area contributed by atoms with Crippen LogP contribution in [0.25, 0.3) is 76.9 Å². The molecule has 8 aromatic rings. The van der Waals surface area contributed by atoms with Crippen LogP contribution < -0.4 is 0 Å². The Kier molecular flexibility index (Phi) is 1.94. The predicted molar refractivity (Wildman–Crippen MR) is 165 cm³/mol. The lowest BCUT2D eigenvalue weighted by molar-refractivity contribution is 0.669. The van der Waals surface area contributed by atoms with Gasteiger partial charge in [-0.1, -0.05) is 133 Å². The molecule has 0 bridgehead atoms. The van der Waals surface area contributed by atoms with Gasteiger partial charge >= 0.3 is 0 Å². The van der Waals surface area contributed by atoms with Gasteiger partial charge in [0.1, 0.15) is 11.2 Å². The number of fused-ring (bicyclic) bond motifs is 5. The molecule has 0 radical (unpaired) electrons. The van der Waals surface area contributed by atoms with Crippen molar-refractivity contribution in [1.29, 1.82) is 0 Å². The molecule has 0 spiro atoms. The number of furan rings is 1. The lowest BCUT2D eigenvalue weighted by Gasteiger charge is -2.20. The molecular weight excluding hydrogens is 472 g/mol. The summed E-state index contributed by atoms with van der Waals surface area (Å²) < 4.78 is 218. The molecule has 0 unspecified atom stereocenters. The highest BCUT2D eigenvalue weighted by Gasteiger charge is 2.20. The van der Waals surface area contributed by atoms with Gasteiger partial charge in [-0.3, -0.25) is 0 Å². The molecule has 0 atom stereocenters. The van der Waals surface area contributed by atoms with Crippen LogP contribution in [0.15, 0.2) is 149 Å². The molecule has 8 rings (SSSR count). The van der Waals surface area contributed by atoms with E-state index in [0.29, 0.717) is 0 Å². The second-order valence-electron chi connectivity index (χ2n) is 8.26. The van der Waals surface area contributed by atoms with Gasteiger partial charge in [-0.2, -0.15) is 0 Å². The Morgan fingerprint density at radius 1 is 0.359 bits per heavy atom. The third-order valence-electron chi connectivity index (χ3n) is 6.26. The molecule has 1 heteroatoms. The molecule has 1 heterocycles. The van der Waals surface area contributed by atoms with Crippen LogP contribution >= 0.6 is 0 Å². The maximum Gasteiger partial charge on any atom is 0.136 e. The zero-order valence-corrected chi connectivity index (χ0v) is 19.4. The fraction of sp³-hybridized carbons (Fsp3) is 0. The molecule has 182 valence electrons. The van der Waals surface area contributed by atoms with Crippen LogP contribution in [-0.2, 0) is 0 Å². The van der Waals surface area contributed by atoms with E-state index in [-0.39, 0.29) is 0 Å². The first-order chi connectivity index (χ1) is 29.3. The van der Waals surface area contributed by atoms with Crippen LogP contribution in [0.3, 0.4) is 0 Å². The minimum atomic E-state index is -1.03. The van der Waals surface area contributed by atoms with Gasteiger partial charge < -0.3 is 4.42 Å². The third kappa shape index (κ3) is 3.34. The molecule has 1 nitrogen and oxygen atoms in total. The SMILES string of the molecule is [2H]c1c([2H])c([2H])c(-c2c3c([2H])c([2H])c([2H])c([2H])c3c(-c3c([2H])c([2H])c([2H])c([2H])c3-c3c([2H])c([2H])c([2H])c4oc5c([2H])c([2H])c([2H])c([2H])c5c34)c3c([2H])c([2H])c([2H])c([2H])c23)c([2H])c1[2H]. The Labute approximate surface area is 260 Å². The van der Waals surface area contributed by atoms with Crippen molar-refractivity contribution in [3.05, 3.63) is 145 Å². The average molecular weight is 521 g/mol. The number of hydrogen-bond acceptors (Lipinski definition) is 1. The summed E-state index contributed by atoms with van der Waals surface area (Å²) in [4.78, 5) is 0.